The minimum Gasteiger partial charge on any atom is -0.346 e. The standard InChI is InChI=1S/C19H22F3N3O2S/c1-12(16(26)23-11-19(20,21)22)28-18-24-15-10-6-5-9-14(15)17(27)25(18)13-7-3-2-4-8-13/h5-6,9-10,12-13H,2-4,7-8,11H2,1H3,(H,23,26). The Morgan fingerprint density at radius 1 is 1.29 bits per heavy atom. The maximum absolute atomic E-state index is 13.1. The summed E-state index contributed by atoms with van der Waals surface area (Å²) in [6, 6.07) is 6.98. The van der Waals surface area contributed by atoms with Crippen molar-refractivity contribution in [2.75, 3.05) is 6.54 Å². The molecule has 1 aliphatic rings. The lowest BCUT2D eigenvalue weighted by molar-refractivity contribution is -0.137. The predicted molar refractivity (Wildman–Crippen MR) is 103 cm³/mol. The molecule has 152 valence electrons. The molecule has 5 nitrogen and oxygen atoms in total. The number of hydrogen-bond acceptors (Lipinski definition) is 4. The van der Waals surface area contributed by atoms with E-state index in [1.54, 1.807) is 28.8 Å². The van der Waals surface area contributed by atoms with Crippen molar-refractivity contribution in [2.45, 2.75) is 61.7 Å². The van der Waals surface area contributed by atoms with Crippen LogP contribution in [0.1, 0.15) is 45.1 Å². The molecule has 1 aromatic carbocycles. The van der Waals surface area contributed by atoms with Gasteiger partial charge in [-0.25, -0.2) is 4.98 Å². The number of thioether (sulfide) groups is 1. The Kier molecular flexibility index (Phi) is 6.32. The zero-order chi connectivity index (χ0) is 20.3. The summed E-state index contributed by atoms with van der Waals surface area (Å²) in [7, 11) is 0. The molecule has 1 saturated carbocycles. The summed E-state index contributed by atoms with van der Waals surface area (Å²) in [6.45, 7) is 0.139. The number of halogens is 3. The molecule has 0 radical (unpaired) electrons. The molecule has 1 amide bonds. The maximum atomic E-state index is 13.1. The zero-order valence-electron chi connectivity index (χ0n) is 15.5. The SMILES string of the molecule is CC(Sc1nc2ccccc2c(=O)n1C1CCCCC1)C(=O)NCC(F)(F)F. The van der Waals surface area contributed by atoms with Crippen LogP contribution in [0.5, 0.6) is 0 Å². The van der Waals surface area contributed by atoms with Crippen molar-refractivity contribution < 1.29 is 18.0 Å². The number of carbonyl (C=O) groups excluding carboxylic acids is 1. The summed E-state index contributed by atoms with van der Waals surface area (Å²) in [5.74, 6) is -0.736. The molecule has 0 saturated heterocycles. The topological polar surface area (TPSA) is 64.0 Å². The Morgan fingerprint density at radius 3 is 2.64 bits per heavy atom. The fraction of sp³-hybridized carbons (Fsp3) is 0.526. The second-order valence-corrected chi connectivity index (χ2v) is 8.28. The summed E-state index contributed by atoms with van der Waals surface area (Å²) in [5.41, 5.74) is 0.354. The highest BCUT2D eigenvalue weighted by molar-refractivity contribution is 8.00. The van der Waals surface area contributed by atoms with Crippen molar-refractivity contribution in [2.24, 2.45) is 0 Å². The van der Waals surface area contributed by atoms with Gasteiger partial charge >= 0.3 is 6.18 Å². The Morgan fingerprint density at radius 2 is 1.96 bits per heavy atom. The molecule has 1 aromatic heterocycles. The lowest BCUT2D eigenvalue weighted by atomic mass is 9.95. The van der Waals surface area contributed by atoms with Crippen LogP contribution < -0.4 is 10.9 Å². The summed E-state index contributed by atoms with van der Waals surface area (Å²) < 4.78 is 38.7. The number of carbonyl (C=O) groups is 1. The van der Waals surface area contributed by atoms with Crippen molar-refractivity contribution in [3.63, 3.8) is 0 Å². The molecule has 1 unspecified atom stereocenters. The molecule has 0 aliphatic heterocycles. The van der Waals surface area contributed by atoms with Gasteiger partial charge < -0.3 is 5.32 Å². The third kappa shape index (κ3) is 4.87. The van der Waals surface area contributed by atoms with Gasteiger partial charge in [-0.15, -0.1) is 0 Å². The van der Waals surface area contributed by atoms with E-state index in [2.05, 4.69) is 4.98 Å². The summed E-state index contributed by atoms with van der Waals surface area (Å²) in [6.07, 6.45) is 0.367. The molecule has 1 aliphatic carbocycles. The van der Waals surface area contributed by atoms with Crippen LogP contribution in [0.4, 0.5) is 13.2 Å². The molecule has 2 aromatic rings. The number of fused-ring (bicyclic) bond motifs is 1. The van der Waals surface area contributed by atoms with Crippen molar-refractivity contribution in [3.05, 3.63) is 34.6 Å². The van der Waals surface area contributed by atoms with Gasteiger partial charge in [0, 0.05) is 6.04 Å². The van der Waals surface area contributed by atoms with Crippen LogP contribution in [0.15, 0.2) is 34.2 Å². The predicted octanol–water partition coefficient (Wildman–Crippen LogP) is 4.06. The number of nitrogens with one attached hydrogen (secondary N) is 1. The first-order valence-electron chi connectivity index (χ1n) is 9.28. The summed E-state index contributed by atoms with van der Waals surface area (Å²) >= 11 is 1.02. The molecular formula is C19H22F3N3O2S. The van der Waals surface area contributed by atoms with E-state index in [4.69, 9.17) is 0 Å². The molecule has 1 heterocycles. The van der Waals surface area contributed by atoms with Gasteiger partial charge in [-0.1, -0.05) is 43.2 Å². The highest BCUT2D eigenvalue weighted by Gasteiger charge is 2.30. The zero-order valence-corrected chi connectivity index (χ0v) is 16.3. The highest BCUT2D eigenvalue weighted by atomic mass is 32.2. The fourth-order valence-electron chi connectivity index (χ4n) is 3.41. The number of benzene rings is 1. The lowest BCUT2D eigenvalue weighted by Gasteiger charge is -2.26. The molecule has 1 atom stereocenters. The van der Waals surface area contributed by atoms with Crippen molar-refractivity contribution in [1.29, 1.82) is 0 Å². The second-order valence-electron chi connectivity index (χ2n) is 6.97. The van der Waals surface area contributed by atoms with E-state index in [1.807, 2.05) is 5.32 Å². The molecule has 9 heteroatoms. The van der Waals surface area contributed by atoms with Crippen LogP contribution in [0, 0.1) is 0 Å². The number of alkyl halides is 3. The Bertz CT molecular complexity index is 907. The molecule has 1 fully saturated rings. The van der Waals surface area contributed by atoms with Gasteiger partial charge in [0.05, 0.1) is 16.2 Å². The van der Waals surface area contributed by atoms with Gasteiger partial charge in [-0.2, -0.15) is 13.2 Å². The smallest absolute Gasteiger partial charge is 0.346 e. The van der Waals surface area contributed by atoms with Crippen LogP contribution in [-0.2, 0) is 4.79 Å². The first kappa shape index (κ1) is 20.7. The summed E-state index contributed by atoms with van der Waals surface area (Å²) in [4.78, 5) is 29.8. The van der Waals surface area contributed by atoms with E-state index in [-0.39, 0.29) is 11.6 Å². The van der Waals surface area contributed by atoms with Gasteiger partial charge in [0.1, 0.15) is 6.54 Å². The van der Waals surface area contributed by atoms with Crippen LogP contribution in [0.2, 0.25) is 0 Å². The number of hydrogen-bond donors (Lipinski definition) is 1. The van der Waals surface area contributed by atoms with E-state index < -0.39 is 23.9 Å². The first-order chi connectivity index (χ1) is 13.3. The number of aromatic nitrogens is 2. The van der Waals surface area contributed by atoms with E-state index in [0.29, 0.717) is 16.1 Å². The maximum Gasteiger partial charge on any atom is 0.405 e. The van der Waals surface area contributed by atoms with E-state index >= 15 is 0 Å². The van der Waals surface area contributed by atoms with Gasteiger partial charge in [-0.05, 0) is 31.9 Å². The highest BCUT2D eigenvalue weighted by Crippen LogP contribution is 2.32. The van der Waals surface area contributed by atoms with E-state index in [1.165, 1.54) is 6.92 Å². The van der Waals surface area contributed by atoms with Gasteiger partial charge in [-0.3, -0.25) is 14.2 Å². The summed E-state index contributed by atoms with van der Waals surface area (Å²) in [5, 5.41) is 1.96. The molecule has 0 spiro atoms. The monoisotopic (exact) mass is 413 g/mol. The molecule has 1 N–H and O–H groups in total. The number of para-hydroxylation sites is 1. The minimum atomic E-state index is -4.47. The number of amides is 1. The van der Waals surface area contributed by atoms with Crippen LogP contribution in [0.3, 0.4) is 0 Å². The normalized spacial score (nSPS) is 16.9. The Labute approximate surface area is 164 Å². The van der Waals surface area contributed by atoms with Crippen LogP contribution in [-0.4, -0.2) is 33.4 Å². The Balaban J connectivity index is 1.92. The number of rotatable bonds is 5. The van der Waals surface area contributed by atoms with E-state index in [9.17, 15) is 22.8 Å². The van der Waals surface area contributed by atoms with Crippen LogP contribution >= 0.6 is 11.8 Å². The molecular weight excluding hydrogens is 391 g/mol. The number of nitrogens with zero attached hydrogens (tertiary/aromatic N) is 2. The van der Waals surface area contributed by atoms with Crippen molar-refractivity contribution >= 4 is 28.6 Å². The minimum absolute atomic E-state index is 0.00806. The third-order valence-corrected chi connectivity index (χ3v) is 5.90. The largest absolute Gasteiger partial charge is 0.405 e. The Hall–Kier alpha value is -2.03. The fourth-order valence-corrected chi connectivity index (χ4v) is 4.42. The molecule has 0 bridgehead atoms. The average molecular weight is 413 g/mol. The lowest BCUT2D eigenvalue weighted by Crippen LogP contribution is -2.38. The third-order valence-electron chi connectivity index (χ3n) is 4.83. The van der Waals surface area contributed by atoms with Gasteiger partial charge in [0.25, 0.3) is 5.56 Å². The molecule has 28 heavy (non-hydrogen) atoms. The van der Waals surface area contributed by atoms with Crippen molar-refractivity contribution in [3.8, 4) is 0 Å². The quantitative estimate of drug-likeness (QED) is 0.593. The van der Waals surface area contributed by atoms with Gasteiger partial charge in [0.15, 0.2) is 5.16 Å². The second kappa shape index (κ2) is 8.55. The molecule has 3 rings (SSSR count). The van der Waals surface area contributed by atoms with Crippen molar-refractivity contribution in [1.82, 2.24) is 14.9 Å². The van der Waals surface area contributed by atoms with E-state index in [0.717, 1.165) is 43.9 Å². The first-order valence-corrected chi connectivity index (χ1v) is 10.2. The average Bonchev–Trinajstić information content (AvgIpc) is 2.66. The van der Waals surface area contributed by atoms with Crippen LogP contribution in [0.25, 0.3) is 10.9 Å². The van der Waals surface area contributed by atoms with Gasteiger partial charge in [0.2, 0.25) is 5.91 Å².